The van der Waals surface area contributed by atoms with Crippen molar-refractivity contribution in [1.82, 2.24) is 0 Å². The van der Waals surface area contributed by atoms with Crippen molar-refractivity contribution in [2.75, 3.05) is 127 Å². The van der Waals surface area contributed by atoms with Crippen LogP contribution in [0.5, 0.6) is 11.5 Å². The lowest BCUT2D eigenvalue weighted by molar-refractivity contribution is -0.149. The first-order chi connectivity index (χ1) is 28.6. The number of aliphatic hydroxyl groups is 2. The molecule has 340 valence electrons. The third-order valence-electron chi connectivity index (χ3n) is 8.20. The quantitative estimate of drug-likeness (QED) is 0.0349. The highest BCUT2D eigenvalue weighted by Crippen LogP contribution is 2.32. The number of carbonyl (C=O) groups excluding carboxylic acids is 3. The summed E-state index contributed by atoms with van der Waals surface area (Å²) in [6.45, 7) is 12.6. The summed E-state index contributed by atoms with van der Waals surface area (Å²) < 4.78 is 76.5. The molecule has 60 heavy (non-hydrogen) atoms. The van der Waals surface area contributed by atoms with Crippen molar-refractivity contribution in [2.24, 2.45) is 5.41 Å². The van der Waals surface area contributed by atoms with Crippen molar-refractivity contribution >= 4 is 44.9 Å². The van der Waals surface area contributed by atoms with Gasteiger partial charge in [0.05, 0.1) is 116 Å². The minimum Gasteiger partial charge on any atom is -0.489 e. The van der Waals surface area contributed by atoms with Gasteiger partial charge in [-0.15, -0.1) is 0 Å². The summed E-state index contributed by atoms with van der Waals surface area (Å²) in [5.41, 5.74) is -0.0854. The average molecular weight is 874 g/mol. The second-order valence-electron chi connectivity index (χ2n) is 13.9. The summed E-state index contributed by atoms with van der Waals surface area (Å²) in [5.74, 6) is -1.06. The molecule has 0 aromatic heterocycles. The van der Waals surface area contributed by atoms with Crippen LogP contribution in [0.4, 0.5) is 21.9 Å². The van der Waals surface area contributed by atoms with Crippen LogP contribution < -0.4 is 24.4 Å². The van der Waals surface area contributed by atoms with E-state index in [1.165, 1.54) is 39.0 Å². The Morgan fingerprint density at radius 3 is 1.72 bits per heavy atom. The first kappa shape index (κ1) is 52.0. The Kier molecular flexibility index (Phi) is 24.6. The van der Waals surface area contributed by atoms with Crippen LogP contribution in [-0.4, -0.2) is 154 Å². The fourth-order valence-corrected chi connectivity index (χ4v) is 5.36. The number of sulfonamides is 1. The Bertz CT molecular complexity index is 1670. The molecule has 0 aliphatic heterocycles. The summed E-state index contributed by atoms with van der Waals surface area (Å²) in [4.78, 5) is 39.8. The van der Waals surface area contributed by atoms with Crippen molar-refractivity contribution in [3.63, 3.8) is 0 Å². The topological polar surface area (TPSA) is 236 Å². The summed E-state index contributed by atoms with van der Waals surface area (Å²) in [5, 5.41) is 20.3. The fraction of sp³-hybridized carbons (Fsp3) is 0.625. The van der Waals surface area contributed by atoms with Crippen molar-refractivity contribution in [3.8, 4) is 11.5 Å². The highest BCUT2D eigenvalue weighted by molar-refractivity contribution is 7.92. The number of rotatable bonds is 33. The van der Waals surface area contributed by atoms with Gasteiger partial charge in [0.25, 0.3) is 0 Å². The molecule has 0 unspecified atom stereocenters. The molecule has 0 heterocycles. The summed E-state index contributed by atoms with van der Waals surface area (Å²) in [7, 11) is -3.82. The second-order valence-corrected chi connectivity index (χ2v) is 15.7. The third-order valence-corrected chi connectivity index (χ3v) is 8.79. The number of carbonyl (C=O) groups is 3. The van der Waals surface area contributed by atoms with Gasteiger partial charge >= 0.3 is 12.1 Å². The molecule has 0 fully saturated rings. The summed E-state index contributed by atoms with van der Waals surface area (Å²) in [6.07, 6.45) is -0.154. The normalized spacial score (nSPS) is 11.7. The maximum Gasteiger partial charge on any atom is 0.412 e. The zero-order valence-corrected chi connectivity index (χ0v) is 36.3. The number of hydrogen-bond acceptors (Lipinski definition) is 17. The molecule has 2 aromatic rings. The van der Waals surface area contributed by atoms with Gasteiger partial charge in [-0.2, -0.15) is 0 Å². The first-order valence-electron chi connectivity index (χ1n) is 19.6. The molecule has 2 aromatic carbocycles. The van der Waals surface area contributed by atoms with E-state index in [1.54, 1.807) is 12.1 Å². The molecule has 4 N–H and O–H groups in total. The number of aliphatic hydroxyl groups excluding tert-OH is 2. The summed E-state index contributed by atoms with van der Waals surface area (Å²) in [6, 6.07) is 9.46. The monoisotopic (exact) mass is 873 g/mol. The molecule has 20 heteroatoms. The number of benzene rings is 2. The Hall–Kier alpha value is -4.12. The molecule has 0 aliphatic rings. The van der Waals surface area contributed by atoms with Gasteiger partial charge in [-0.1, -0.05) is 6.07 Å². The number of amides is 1. The van der Waals surface area contributed by atoms with E-state index >= 15 is 0 Å². The van der Waals surface area contributed by atoms with Crippen molar-refractivity contribution in [3.05, 3.63) is 42.0 Å². The molecule has 19 nitrogen and oxygen atoms in total. The van der Waals surface area contributed by atoms with Crippen LogP contribution in [0.15, 0.2) is 36.4 Å². The van der Waals surface area contributed by atoms with E-state index in [0.717, 1.165) is 11.9 Å². The Morgan fingerprint density at radius 2 is 1.23 bits per heavy atom. The molecule has 0 radical (unpaired) electrons. The number of nitrogens with zero attached hydrogens (tertiary/aromatic N) is 1. The zero-order chi connectivity index (χ0) is 44.4. The van der Waals surface area contributed by atoms with Gasteiger partial charge in [-0.3, -0.25) is 19.6 Å². The van der Waals surface area contributed by atoms with Crippen LogP contribution in [0.3, 0.4) is 0 Å². The number of anilines is 3. The van der Waals surface area contributed by atoms with E-state index in [-0.39, 0.29) is 50.6 Å². The predicted octanol–water partition coefficient (Wildman–Crippen LogP) is 3.01. The van der Waals surface area contributed by atoms with Crippen LogP contribution in [0.2, 0.25) is 0 Å². The number of hydrogen-bond donors (Lipinski definition) is 4. The van der Waals surface area contributed by atoms with E-state index in [9.17, 15) is 22.8 Å². The maximum atomic E-state index is 13.1. The number of Topliss-reactive ketones (excluding diaryl/α,β-unsaturated/α-hetero) is 1. The van der Waals surface area contributed by atoms with Crippen LogP contribution in [0.25, 0.3) is 0 Å². The predicted molar refractivity (Wildman–Crippen MR) is 222 cm³/mol. The third kappa shape index (κ3) is 21.4. The SMILES string of the molecule is CC(=O)C(C)(C)C(=O)Oc1ccc(COC(=O)Nc2ccc(N(CCOCCOCCOCCO)CCOCCOCCOCCO)cc2OC(C)C)cc1NS(C)(=O)=O. The van der Waals surface area contributed by atoms with E-state index in [0.29, 0.717) is 96.2 Å². The maximum absolute atomic E-state index is 13.1. The lowest BCUT2D eigenvalue weighted by Crippen LogP contribution is -2.35. The Morgan fingerprint density at radius 1 is 0.717 bits per heavy atom. The van der Waals surface area contributed by atoms with Crippen LogP contribution >= 0.6 is 0 Å². The molecular weight excluding hydrogens is 811 g/mol. The van der Waals surface area contributed by atoms with Crippen molar-refractivity contribution in [1.29, 1.82) is 0 Å². The fourth-order valence-electron chi connectivity index (χ4n) is 4.80. The Balaban J connectivity index is 2.13. The minimum absolute atomic E-state index is 0.0442. The first-order valence-corrected chi connectivity index (χ1v) is 21.5. The smallest absolute Gasteiger partial charge is 0.412 e. The van der Waals surface area contributed by atoms with Gasteiger partial charge in [0.2, 0.25) is 10.0 Å². The summed E-state index contributed by atoms with van der Waals surface area (Å²) >= 11 is 0. The number of nitrogens with one attached hydrogen (secondary N) is 2. The van der Waals surface area contributed by atoms with Gasteiger partial charge < -0.3 is 57.7 Å². The molecule has 0 atom stereocenters. The molecule has 0 saturated heterocycles. The molecule has 0 bridgehead atoms. The van der Waals surface area contributed by atoms with E-state index in [2.05, 4.69) is 10.0 Å². The molecule has 1 amide bonds. The average Bonchev–Trinajstić information content (AvgIpc) is 3.18. The van der Waals surface area contributed by atoms with Gasteiger partial charge in [0.15, 0.2) is 5.75 Å². The van der Waals surface area contributed by atoms with E-state index < -0.39 is 33.3 Å². The molecular formula is C40H63N3O16S. The van der Waals surface area contributed by atoms with Gasteiger partial charge in [0.1, 0.15) is 23.6 Å². The minimum atomic E-state index is -3.82. The van der Waals surface area contributed by atoms with Crippen LogP contribution in [0.1, 0.15) is 40.2 Å². The second kappa shape index (κ2) is 28.4. The largest absolute Gasteiger partial charge is 0.489 e. The lowest BCUT2D eigenvalue weighted by atomic mass is 9.89. The Labute approximate surface area is 352 Å². The van der Waals surface area contributed by atoms with Crippen LogP contribution in [0, 0.1) is 5.41 Å². The number of ether oxygens (including phenoxy) is 9. The van der Waals surface area contributed by atoms with Gasteiger partial charge in [-0.25, -0.2) is 13.2 Å². The lowest BCUT2D eigenvalue weighted by Gasteiger charge is -2.26. The van der Waals surface area contributed by atoms with Crippen LogP contribution in [-0.2, 0) is 59.4 Å². The molecule has 2 rings (SSSR count). The number of ketones is 1. The van der Waals surface area contributed by atoms with Crippen molar-refractivity contribution < 1.29 is 75.6 Å². The standard InChI is InChI=1S/C40H63N3O16S/c1-30(2)58-37-28-33(43(11-15-51-19-23-55-25-21-53-17-13-44)12-16-52-20-24-56-26-22-54-18-14-45)8-9-34(37)41-39(48)57-29-32-7-10-36(35(27-32)42-60(6,49)50)59-38(47)40(4,5)31(3)46/h7-10,27-28,30,42,44-45H,11-26,29H2,1-6H3,(H,41,48). The van der Waals surface area contributed by atoms with Crippen molar-refractivity contribution in [2.45, 2.75) is 47.3 Å². The molecule has 0 spiro atoms. The van der Waals surface area contributed by atoms with Gasteiger partial charge in [0, 0.05) is 24.8 Å². The zero-order valence-electron chi connectivity index (χ0n) is 35.5. The molecule has 0 aliphatic carbocycles. The van der Waals surface area contributed by atoms with E-state index in [4.69, 9.17) is 52.8 Å². The highest BCUT2D eigenvalue weighted by Gasteiger charge is 2.35. The molecule has 0 saturated carbocycles. The van der Waals surface area contributed by atoms with E-state index in [1.807, 2.05) is 24.8 Å². The number of esters is 1. The highest BCUT2D eigenvalue weighted by atomic mass is 32.2. The van der Waals surface area contributed by atoms with Gasteiger partial charge in [-0.05, 0) is 64.4 Å².